The molecular weight excluding hydrogens is 525 g/mol. The number of pyridine rings is 1. The molecule has 3 heterocycles. The first kappa shape index (κ1) is 26.6. The van der Waals surface area contributed by atoms with Crippen molar-refractivity contribution in [2.24, 2.45) is 5.92 Å². The minimum Gasteiger partial charge on any atom is -0.386 e. The number of carbonyl (C=O) groups is 2. The van der Waals surface area contributed by atoms with Gasteiger partial charge < -0.3 is 14.7 Å². The van der Waals surface area contributed by atoms with Crippen molar-refractivity contribution in [3.8, 4) is 0 Å². The molecule has 0 aliphatic carbocycles. The molecule has 38 heavy (non-hydrogen) atoms. The maximum atomic E-state index is 14.1. The van der Waals surface area contributed by atoms with Gasteiger partial charge in [-0.3, -0.25) is 19.5 Å². The summed E-state index contributed by atoms with van der Waals surface area (Å²) in [5, 5.41) is 11.7. The van der Waals surface area contributed by atoms with E-state index in [-0.39, 0.29) is 24.3 Å². The Hall–Kier alpha value is -2.97. The molecule has 0 spiro atoms. The van der Waals surface area contributed by atoms with E-state index in [0.29, 0.717) is 52.1 Å². The van der Waals surface area contributed by atoms with Crippen LogP contribution in [0, 0.1) is 5.92 Å². The minimum absolute atomic E-state index is 0.0321. The monoisotopic (exact) mass is 553 g/mol. The number of hydrogen-bond acceptors (Lipinski definition) is 5. The molecule has 0 unspecified atom stereocenters. The summed E-state index contributed by atoms with van der Waals surface area (Å²) in [6.45, 7) is 6.62. The Bertz CT molecular complexity index is 1370. The summed E-state index contributed by atoms with van der Waals surface area (Å²) in [5.41, 5.74) is 0.729. The fourth-order valence-corrected chi connectivity index (χ4v) is 5.31. The van der Waals surface area contributed by atoms with Crippen LogP contribution in [-0.2, 0) is 27.4 Å². The van der Waals surface area contributed by atoms with Gasteiger partial charge in [-0.2, -0.15) is 0 Å². The lowest BCUT2D eigenvalue weighted by atomic mass is 9.89. The number of fused-ring (bicyclic) bond motifs is 1. The zero-order valence-electron chi connectivity index (χ0n) is 21.4. The van der Waals surface area contributed by atoms with Gasteiger partial charge in [-0.25, -0.2) is 0 Å². The number of carbonyl (C=O) groups excluding carboxylic acids is 2. The maximum Gasteiger partial charge on any atom is 0.257 e. The van der Waals surface area contributed by atoms with Crippen LogP contribution in [0.15, 0.2) is 60.8 Å². The predicted molar refractivity (Wildman–Crippen MR) is 145 cm³/mol. The number of likely N-dealkylation sites (tertiary alicyclic amines) is 1. The third-order valence-electron chi connectivity index (χ3n) is 7.22. The van der Waals surface area contributed by atoms with Crippen molar-refractivity contribution in [1.82, 2.24) is 14.8 Å². The van der Waals surface area contributed by atoms with E-state index < -0.39 is 11.3 Å². The molecule has 0 radical (unpaired) electrons. The summed E-state index contributed by atoms with van der Waals surface area (Å²) < 4.78 is 6.79. The molecule has 1 fully saturated rings. The molecule has 2 aliphatic rings. The van der Waals surface area contributed by atoms with E-state index in [1.807, 2.05) is 24.3 Å². The molecule has 1 atom stereocenters. The minimum atomic E-state index is -1.27. The molecule has 198 valence electrons. The van der Waals surface area contributed by atoms with Crippen LogP contribution in [0.5, 0.6) is 0 Å². The molecule has 2 aliphatic heterocycles. The number of amides is 2. The predicted octanol–water partition coefficient (Wildman–Crippen LogP) is 4.97. The maximum absolute atomic E-state index is 14.1. The number of benzene rings is 2. The van der Waals surface area contributed by atoms with E-state index in [0.717, 1.165) is 5.56 Å². The average Bonchev–Trinajstić information content (AvgIpc) is 3.07. The van der Waals surface area contributed by atoms with Gasteiger partial charge >= 0.3 is 0 Å². The van der Waals surface area contributed by atoms with Crippen molar-refractivity contribution in [3.05, 3.63) is 98.8 Å². The highest BCUT2D eigenvalue weighted by molar-refractivity contribution is 6.30. The summed E-state index contributed by atoms with van der Waals surface area (Å²) in [5.74, 6) is -0.0743. The molecule has 3 aromatic rings. The van der Waals surface area contributed by atoms with Crippen LogP contribution in [-0.4, -0.2) is 51.4 Å². The van der Waals surface area contributed by atoms with Gasteiger partial charge in [0, 0.05) is 53.8 Å². The van der Waals surface area contributed by atoms with Crippen molar-refractivity contribution in [3.63, 3.8) is 0 Å². The molecule has 1 aromatic heterocycles. The van der Waals surface area contributed by atoms with E-state index in [9.17, 15) is 14.7 Å². The van der Waals surface area contributed by atoms with Crippen LogP contribution in [0.3, 0.4) is 0 Å². The lowest BCUT2D eigenvalue weighted by Crippen LogP contribution is -2.53. The highest BCUT2D eigenvalue weighted by Crippen LogP contribution is 2.47. The Morgan fingerprint density at radius 3 is 2.39 bits per heavy atom. The van der Waals surface area contributed by atoms with Crippen LogP contribution >= 0.6 is 23.2 Å². The van der Waals surface area contributed by atoms with Crippen LogP contribution < -0.4 is 0 Å². The fraction of sp³-hybridized carbons (Fsp3) is 0.345. The standard InChI is InChI=1S/C29H29Cl2N3O4/c1-18(35)33-14-19(15-33)17-38-29(20-4-7-22(30)8-5-20)26-11-6-21(28(2,3)37)12-25(26)27(36)34(29)16-24-10-9-23(31)13-32-24/h4-13,19,37H,14-17H2,1-3H3/t29-/m1/s1. The smallest absolute Gasteiger partial charge is 0.257 e. The molecule has 0 saturated carbocycles. The average molecular weight is 554 g/mol. The zero-order chi connectivity index (χ0) is 27.2. The third kappa shape index (κ3) is 4.80. The van der Waals surface area contributed by atoms with Gasteiger partial charge in [0.15, 0.2) is 5.72 Å². The van der Waals surface area contributed by atoms with E-state index >= 15 is 0 Å². The third-order valence-corrected chi connectivity index (χ3v) is 7.70. The van der Waals surface area contributed by atoms with Gasteiger partial charge in [0.25, 0.3) is 5.91 Å². The molecular formula is C29H29Cl2N3O4. The van der Waals surface area contributed by atoms with E-state index in [1.165, 1.54) is 0 Å². The number of ether oxygens (including phenoxy) is 1. The lowest BCUT2D eigenvalue weighted by molar-refractivity contribution is -0.149. The SMILES string of the molecule is CC(=O)N1CC(CO[C@]2(c3ccc(Cl)cc3)c3ccc(C(C)(C)O)cc3C(=O)N2Cc2ccc(Cl)cn2)C1. The summed E-state index contributed by atoms with van der Waals surface area (Å²) in [7, 11) is 0. The summed E-state index contributed by atoms with van der Waals surface area (Å²) >= 11 is 12.3. The number of aliphatic hydroxyl groups is 1. The number of hydrogen-bond donors (Lipinski definition) is 1. The van der Waals surface area contributed by atoms with Crippen molar-refractivity contribution in [2.75, 3.05) is 19.7 Å². The molecule has 9 heteroatoms. The van der Waals surface area contributed by atoms with Gasteiger partial charge in [-0.05, 0) is 49.7 Å². The Morgan fingerprint density at radius 1 is 1.11 bits per heavy atom. The van der Waals surface area contributed by atoms with Crippen molar-refractivity contribution < 1.29 is 19.4 Å². The van der Waals surface area contributed by atoms with Gasteiger partial charge in [0.2, 0.25) is 5.91 Å². The van der Waals surface area contributed by atoms with E-state index in [1.54, 1.807) is 67.1 Å². The molecule has 2 amide bonds. The lowest BCUT2D eigenvalue weighted by Gasteiger charge is -2.43. The second-order valence-electron chi connectivity index (χ2n) is 10.4. The first-order valence-electron chi connectivity index (χ1n) is 12.4. The van der Waals surface area contributed by atoms with Crippen molar-refractivity contribution in [1.29, 1.82) is 0 Å². The largest absolute Gasteiger partial charge is 0.386 e. The Kier molecular flexibility index (Phi) is 6.99. The number of aromatic nitrogens is 1. The summed E-state index contributed by atoms with van der Waals surface area (Å²) in [6.07, 6.45) is 1.55. The molecule has 2 aromatic carbocycles. The van der Waals surface area contributed by atoms with E-state index in [2.05, 4.69) is 4.98 Å². The topological polar surface area (TPSA) is 83.0 Å². The van der Waals surface area contributed by atoms with Crippen molar-refractivity contribution >= 4 is 35.0 Å². The highest BCUT2D eigenvalue weighted by Gasteiger charge is 2.53. The molecule has 1 N–H and O–H groups in total. The Labute approximate surface area is 231 Å². The van der Waals surface area contributed by atoms with Gasteiger partial charge in [-0.15, -0.1) is 0 Å². The van der Waals surface area contributed by atoms with Crippen LogP contribution in [0.25, 0.3) is 0 Å². The van der Waals surface area contributed by atoms with E-state index in [4.69, 9.17) is 27.9 Å². The number of halogens is 2. The molecule has 0 bridgehead atoms. The van der Waals surface area contributed by atoms with Crippen molar-refractivity contribution in [2.45, 2.75) is 38.6 Å². The first-order valence-corrected chi connectivity index (χ1v) is 13.2. The van der Waals surface area contributed by atoms with Gasteiger partial charge in [0.05, 0.1) is 29.5 Å². The Morgan fingerprint density at radius 2 is 1.79 bits per heavy atom. The molecule has 5 rings (SSSR count). The number of nitrogens with zero attached hydrogens (tertiary/aromatic N) is 3. The van der Waals surface area contributed by atoms with Crippen LogP contribution in [0.4, 0.5) is 0 Å². The summed E-state index contributed by atoms with van der Waals surface area (Å²) in [4.78, 5) is 33.7. The summed E-state index contributed by atoms with van der Waals surface area (Å²) in [6, 6.07) is 16.2. The Balaban J connectivity index is 1.63. The van der Waals surface area contributed by atoms with Crippen LogP contribution in [0.1, 0.15) is 53.5 Å². The fourth-order valence-electron chi connectivity index (χ4n) is 5.07. The normalized spacial score (nSPS) is 19.5. The second kappa shape index (κ2) is 9.97. The highest BCUT2D eigenvalue weighted by atomic mass is 35.5. The number of rotatable bonds is 7. The molecule has 1 saturated heterocycles. The quantitative estimate of drug-likeness (QED) is 0.446. The first-order chi connectivity index (χ1) is 18.0. The second-order valence-corrected chi connectivity index (χ2v) is 11.3. The van der Waals surface area contributed by atoms with Crippen LogP contribution in [0.2, 0.25) is 10.0 Å². The zero-order valence-corrected chi connectivity index (χ0v) is 23.0. The van der Waals surface area contributed by atoms with Gasteiger partial charge in [-0.1, -0.05) is 47.5 Å². The molecule has 7 nitrogen and oxygen atoms in total. The van der Waals surface area contributed by atoms with Gasteiger partial charge in [0.1, 0.15) is 0 Å².